The molecular weight excluding hydrogens is 332 g/mol. The molecule has 0 atom stereocenters. The van der Waals surface area contributed by atoms with E-state index >= 15 is 0 Å². The average molecular weight is 363 g/mol. The summed E-state index contributed by atoms with van der Waals surface area (Å²) in [6, 6.07) is 10.2. The van der Waals surface area contributed by atoms with Gasteiger partial charge in [-0.2, -0.15) is 0 Å². The van der Waals surface area contributed by atoms with E-state index in [-0.39, 0.29) is 0 Å². The summed E-state index contributed by atoms with van der Waals surface area (Å²) in [6.07, 6.45) is 9.64. The normalized spacial score (nSPS) is 11.0. The Morgan fingerprint density at radius 3 is 2.08 bits per heavy atom. The molecule has 2 rings (SSSR count). The molecule has 2 aromatic rings. The zero-order valence-electron chi connectivity index (χ0n) is 15.7. The Kier molecular flexibility index (Phi) is 8.96. The molecule has 0 radical (unpaired) electrons. The molecule has 138 valence electrons. The van der Waals surface area contributed by atoms with Crippen molar-refractivity contribution in [2.75, 3.05) is 13.2 Å². The maximum absolute atomic E-state index is 6.36. The van der Waals surface area contributed by atoms with Crippen molar-refractivity contribution in [1.82, 2.24) is 0 Å². The van der Waals surface area contributed by atoms with Gasteiger partial charge in [-0.05, 0) is 47.9 Å². The second-order valence-corrected chi connectivity index (χ2v) is 7.02. The summed E-state index contributed by atoms with van der Waals surface area (Å²) in [5, 5.41) is 2.90. The van der Waals surface area contributed by atoms with Crippen LogP contribution in [0.1, 0.15) is 65.2 Å². The Balaban J connectivity index is 1.95. The molecule has 0 aromatic heterocycles. The van der Waals surface area contributed by atoms with Gasteiger partial charge in [0.2, 0.25) is 0 Å². The van der Waals surface area contributed by atoms with Crippen LogP contribution in [-0.4, -0.2) is 13.2 Å². The van der Waals surface area contributed by atoms with E-state index in [0.29, 0.717) is 5.02 Å². The molecule has 0 aliphatic rings. The number of unbranched alkanes of at least 4 members (excludes halogenated alkanes) is 6. The van der Waals surface area contributed by atoms with Crippen LogP contribution in [0.3, 0.4) is 0 Å². The van der Waals surface area contributed by atoms with E-state index in [1.807, 2.05) is 18.2 Å². The van der Waals surface area contributed by atoms with E-state index in [4.69, 9.17) is 21.1 Å². The fourth-order valence-electron chi connectivity index (χ4n) is 2.86. The molecule has 0 saturated carbocycles. The highest BCUT2D eigenvalue weighted by molar-refractivity contribution is 6.32. The first-order valence-electron chi connectivity index (χ1n) is 9.73. The van der Waals surface area contributed by atoms with Crippen molar-refractivity contribution in [3.05, 3.63) is 35.4 Å². The number of rotatable bonds is 12. The van der Waals surface area contributed by atoms with E-state index in [9.17, 15) is 0 Å². The van der Waals surface area contributed by atoms with Gasteiger partial charge in [-0.15, -0.1) is 0 Å². The molecule has 2 nitrogen and oxygen atoms in total. The van der Waals surface area contributed by atoms with E-state index in [0.717, 1.165) is 48.3 Å². The lowest BCUT2D eigenvalue weighted by atomic mass is 10.1. The van der Waals surface area contributed by atoms with Crippen LogP contribution in [0, 0.1) is 0 Å². The Hall–Kier alpha value is -1.41. The summed E-state index contributed by atoms with van der Waals surface area (Å²) in [6.45, 7) is 5.93. The molecule has 0 unspecified atom stereocenters. The Labute approximate surface area is 157 Å². The van der Waals surface area contributed by atoms with Gasteiger partial charge >= 0.3 is 0 Å². The largest absolute Gasteiger partial charge is 0.494 e. The lowest BCUT2D eigenvalue weighted by Crippen LogP contribution is -1.98. The third kappa shape index (κ3) is 6.78. The van der Waals surface area contributed by atoms with Crippen LogP contribution in [0.2, 0.25) is 5.02 Å². The predicted octanol–water partition coefficient (Wildman–Crippen LogP) is 7.41. The topological polar surface area (TPSA) is 18.5 Å². The Morgan fingerprint density at radius 1 is 0.720 bits per heavy atom. The molecule has 2 aromatic carbocycles. The summed E-state index contributed by atoms with van der Waals surface area (Å²) in [4.78, 5) is 0. The molecule has 3 heteroatoms. The lowest BCUT2D eigenvalue weighted by Gasteiger charge is -2.11. The van der Waals surface area contributed by atoms with Gasteiger partial charge in [0.15, 0.2) is 0 Å². The van der Waals surface area contributed by atoms with Gasteiger partial charge in [-0.1, -0.05) is 70.0 Å². The van der Waals surface area contributed by atoms with Crippen LogP contribution < -0.4 is 9.47 Å². The van der Waals surface area contributed by atoms with Gasteiger partial charge < -0.3 is 9.47 Å². The van der Waals surface area contributed by atoms with E-state index in [1.54, 1.807) is 0 Å². The Bertz CT molecular complexity index is 639. The standard InChI is InChI=1S/C22H31ClO2/c1-3-5-7-9-13-24-20-12-11-18-16-21(23)22(17-19(18)15-20)25-14-10-8-6-4-2/h11-12,15-17H,3-10,13-14H2,1-2H3. The first kappa shape index (κ1) is 19.9. The minimum atomic E-state index is 0.677. The number of hydrogen-bond donors (Lipinski definition) is 0. The summed E-state index contributed by atoms with van der Waals surface area (Å²) in [5.41, 5.74) is 0. The smallest absolute Gasteiger partial charge is 0.138 e. The van der Waals surface area contributed by atoms with Gasteiger partial charge in [-0.3, -0.25) is 0 Å². The van der Waals surface area contributed by atoms with Crippen LogP contribution in [0.25, 0.3) is 10.8 Å². The molecule has 25 heavy (non-hydrogen) atoms. The van der Waals surface area contributed by atoms with E-state index < -0.39 is 0 Å². The first-order chi connectivity index (χ1) is 12.2. The SMILES string of the molecule is CCCCCCOc1ccc2cc(Cl)c(OCCCCCC)cc2c1. The Morgan fingerprint density at radius 2 is 1.40 bits per heavy atom. The summed E-state index contributed by atoms with van der Waals surface area (Å²) < 4.78 is 11.8. The molecule has 0 fully saturated rings. The highest BCUT2D eigenvalue weighted by Crippen LogP contribution is 2.32. The minimum absolute atomic E-state index is 0.677. The third-order valence-corrected chi connectivity index (χ3v) is 4.68. The molecular formula is C22H31ClO2. The van der Waals surface area contributed by atoms with Crippen LogP contribution in [-0.2, 0) is 0 Å². The van der Waals surface area contributed by atoms with Crippen LogP contribution in [0.4, 0.5) is 0 Å². The van der Waals surface area contributed by atoms with Gasteiger partial charge in [0.05, 0.1) is 18.2 Å². The molecule has 0 saturated heterocycles. The van der Waals surface area contributed by atoms with Crippen molar-refractivity contribution in [3.8, 4) is 11.5 Å². The fraction of sp³-hybridized carbons (Fsp3) is 0.545. The molecule has 0 aliphatic carbocycles. The molecule has 0 N–H and O–H groups in total. The van der Waals surface area contributed by atoms with E-state index in [1.165, 1.54) is 38.5 Å². The number of halogens is 1. The van der Waals surface area contributed by atoms with Crippen molar-refractivity contribution < 1.29 is 9.47 Å². The second kappa shape index (κ2) is 11.3. The van der Waals surface area contributed by atoms with Crippen molar-refractivity contribution in [2.24, 2.45) is 0 Å². The number of benzene rings is 2. The van der Waals surface area contributed by atoms with Gasteiger partial charge in [0.25, 0.3) is 0 Å². The highest BCUT2D eigenvalue weighted by atomic mass is 35.5. The molecule has 0 bridgehead atoms. The third-order valence-electron chi connectivity index (χ3n) is 4.38. The van der Waals surface area contributed by atoms with Crippen molar-refractivity contribution in [1.29, 1.82) is 0 Å². The van der Waals surface area contributed by atoms with Crippen LogP contribution in [0.5, 0.6) is 11.5 Å². The number of fused-ring (bicyclic) bond motifs is 1. The van der Waals surface area contributed by atoms with Gasteiger partial charge in [0, 0.05) is 0 Å². The molecule has 0 spiro atoms. The number of ether oxygens (including phenoxy) is 2. The maximum Gasteiger partial charge on any atom is 0.138 e. The molecule has 0 amide bonds. The van der Waals surface area contributed by atoms with Crippen LogP contribution in [0.15, 0.2) is 30.3 Å². The average Bonchev–Trinajstić information content (AvgIpc) is 2.62. The zero-order chi connectivity index (χ0) is 17.9. The monoisotopic (exact) mass is 362 g/mol. The molecule has 0 heterocycles. The zero-order valence-corrected chi connectivity index (χ0v) is 16.4. The lowest BCUT2D eigenvalue weighted by molar-refractivity contribution is 0.304. The summed E-state index contributed by atoms with van der Waals surface area (Å²) in [5.74, 6) is 1.69. The predicted molar refractivity (Wildman–Crippen MR) is 108 cm³/mol. The maximum atomic E-state index is 6.36. The van der Waals surface area contributed by atoms with Crippen LogP contribution >= 0.6 is 11.6 Å². The number of hydrogen-bond acceptors (Lipinski definition) is 2. The summed E-state index contributed by atoms with van der Waals surface area (Å²) >= 11 is 6.36. The molecule has 0 aliphatic heterocycles. The highest BCUT2D eigenvalue weighted by Gasteiger charge is 2.06. The van der Waals surface area contributed by atoms with Crippen molar-refractivity contribution in [2.45, 2.75) is 65.2 Å². The minimum Gasteiger partial charge on any atom is -0.494 e. The quantitative estimate of drug-likeness (QED) is 0.366. The fourth-order valence-corrected chi connectivity index (χ4v) is 3.08. The van der Waals surface area contributed by atoms with E-state index in [2.05, 4.69) is 26.0 Å². The van der Waals surface area contributed by atoms with Gasteiger partial charge in [-0.25, -0.2) is 0 Å². The summed E-state index contributed by atoms with van der Waals surface area (Å²) in [7, 11) is 0. The van der Waals surface area contributed by atoms with Gasteiger partial charge in [0.1, 0.15) is 11.5 Å². The van der Waals surface area contributed by atoms with Crippen molar-refractivity contribution >= 4 is 22.4 Å². The first-order valence-corrected chi connectivity index (χ1v) is 10.1. The second-order valence-electron chi connectivity index (χ2n) is 6.61. The van der Waals surface area contributed by atoms with Crippen molar-refractivity contribution in [3.63, 3.8) is 0 Å².